The third kappa shape index (κ3) is 6.56. The van der Waals surface area contributed by atoms with E-state index in [2.05, 4.69) is 17.3 Å². The van der Waals surface area contributed by atoms with Gasteiger partial charge in [-0.2, -0.15) is 0 Å². The standard InChI is InChI=1S/C12H19N3O4/c1-15-6-4-9(5-7-15)8-13-12(19)14-10(16)2-3-11(17)18/h2-3,9H,4-8H2,1H3,(H,17,18)(H2,13,14,16,19). The minimum Gasteiger partial charge on any atom is -0.478 e. The molecule has 7 heteroatoms. The van der Waals surface area contributed by atoms with Gasteiger partial charge in [0, 0.05) is 18.7 Å². The van der Waals surface area contributed by atoms with Crippen LogP contribution >= 0.6 is 0 Å². The van der Waals surface area contributed by atoms with Gasteiger partial charge in [0.2, 0.25) is 0 Å². The minimum atomic E-state index is -1.23. The van der Waals surface area contributed by atoms with E-state index in [1.54, 1.807) is 0 Å². The topological polar surface area (TPSA) is 98.7 Å². The quantitative estimate of drug-likeness (QED) is 0.614. The lowest BCUT2D eigenvalue weighted by Gasteiger charge is -2.28. The van der Waals surface area contributed by atoms with E-state index in [9.17, 15) is 14.4 Å². The number of rotatable bonds is 4. The van der Waals surface area contributed by atoms with Crippen LogP contribution in [0.25, 0.3) is 0 Å². The molecule has 1 fully saturated rings. The molecule has 0 unspecified atom stereocenters. The number of piperidine rings is 1. The molecule has 1 rings (SSSR count). The molecule has 0 bridgehead atoms. The van der Waals surface area contributed by atoms with Crippen molar-refractivity contribution in [3.05, 3.63) is 12.2 Å². The number of carboxylic acid groups (broad SMARTS) is 1. The average molecular weight is 269 g/mol. The van der Waals surface area contributed by atoms with Gasteiger partial charge in [-0.05, 0) is 38.9 Å². The molecule has 0 saturated carbocycles. The van der Waals surface area contributed by atoms with Crippen molar-refractivity contribution in [3.8, 4) is 0 Å². The Labute approximate surface area is 111 Å². The smallest absolute Gasteiger partial charge is 0.328 e. The van der Waals surface area contributed by atoms with Crippen molar-refractivity contribution in [1.29, 1.82) is 0 Å². The van der Waals surface area contributed by atoms with E-state index < -0.39 is 17.9 Å². The van der Waals surface area contributed by atoms with Crippen LogP contribution in [0.4, 0.5) is 4.79 Å². The van der Waals surface area contributed by atoms with Gasteiger partial charge in [0.25, 0.3) is 5.91 Å². The molecular formula is C12H19N3O4. The summed E-state index contributed by atoms with van der Waals surface area (Å²) in [5.41, 5.74) is 0. The first-order chi connectivity index (χ1) is 8.97. The number of carboxylic acids is 1. The zero-order valence-electron chi connectivity index (χ0n) is 10.9. The Hall–Kier alpha value is -1.89. The zero-order chi connectivity index (χ0) is 14.3. The summed E-state index contributed by atoms with van der Waals surface area (Å²) >= 11 is 0. The number of hydrogen-bond donors (Lipinski definition) is 3. The predicted molar refractivity (Wildman–Crippen MR) is 68.5 cm³/mol. The second-order valence-corrected chi connectivity index (χ2v) is 4.62. The third-order valence-electron chi connectivity index (χ3n) is 3.00. The Morgan fingerprint density at radius 3 is 2.47 bits per heavy atom. The Balaban J connectivity index is 2.21. The van der Waals surface area contributed by atoms with E-state index in [0.29, 0.717) is 18.5 Å². The molecule has 1 aliphatic heterocycles. The monoisotopic (exact) mass is 269 g/mol. The van der Waals surface area contributed by atoms with E-state index >= 15 is 0 Å². The van der Waals surface area contributed by atoms with Crippen LogP contribution in [0.3, 0.4) is 0 Å². The summed E-state index contributed by atoms with van der Waals surface area (Å²) in [6, 6.07) is -0.598. The van der Waals surface area contributed by atoms with Crippen molar-refractivity contribution in [2.24, 2.45) is 5.92 Å². The molecule has 19 heavy (non-hydrogen) atoms. The van der Waals surface area contributed by atoms with Crippen LogP contribution in [0.2, 0.25) is 0 Å². The lowest BCUT2D eigenvalue weighted by molar-refractivity contribution is -0.131. The summed E-state index contributed by atoms with van der Waals surface area (Å²) in [5, 5.41) is 13.0. The fraction of sp³-hybridized carbons (Fsp3) is 0.583. The maximum Gasteiger partial charge on any atom is 0.328 e. The van der Waals surface area contributed by atoms with Crippen LogP contribution in [0, 0.1) is 5.92 Å². The number of urea groups is 1. The van der Waals surface area contributed by atoms with Crippen molar-refractivity contribution in [2.45, 2.75) is 12.8 Å². The number of nitrogens with zero attached hydrogens (tertiary/aromatic N) is 1. The number of amides is 3. The number of imide groups is 1. The largest absolute Gasteiger partial charge is 0.478 e. The Morgan fingerprint density at radius 1 is 1.26 bits per heavy atom. The zero-order valence-corrected chi connectivity index (χ0v) is 10.9. The molecular weight excluding hydrogens is 250 g/mol. The van der Waals surface area contributed by atoms with Gasteiger partial charge < -0.3 is 15.3 Å². The lowest BCUT2D eigenvalue weighted by atomic mass is 9.97. The predicted octanol–water partition coefficient (Wildman–Crippen LogP) is -0.205. The van der Waals surface area contributed by atoms with Crippen molar-refractivity contribution in [1.82, 2.24) is 15.5 Å². The van der Waals surface area contributed by atoms with Crippen molar-refractivity contribution < 1.29 is 19.5 Å². The molecule has 106 valence electrons. The molecule has 1 aliphatic rings. The van der Waals surface area contributed by atoms with Gasteiger partial charge >= 0.3 is 12.0 Å². The van der Waals surface area contributed by atoms with Gasteiger partial charge in [-0.15, -0.1) is 0 Å². The molecule has 0 aromatic carbocycles. The molecule has 1 saturated heterocycles. The maximum absolute atomic E-state index is 11.4. The van der Waals surface area contributed by atoms with E-state index in [-0.39, 0.29) is 0 Å². The molecule has 3 amide bonds. The Morgan fingerprint density at radius 2 is 1.89 bits per heavy atom. The number of hydrogen-bond acceptors (Lipinski definition) is 4. The molecule has 0 radical (unpaired) electrons. The number of carbonyl (C=O) groups is 3. The Bertz CT molecular complexity index is 373. The van der Waals surface area contributed by atoms with Crippen LogP contribution in [-0.2, 0) is 9.59 Å². The van der Waals surface area contributed by atoms with Crippen LogP contribution < -0.4 is 10.6 Å². The first-order valence-corrected chi connectivity index (χ1v) is 6.15. The number of carbonyl (C=O) groups excluding carboxylic acids is 2. The van der Waals surface area contributed by atoms with E-state index in [1.165, 1.54) is 0 Å². The summed E-state index contributed by atoms with van der Waals surface area (Å²) in [5.74, 6) is -1.56. The second-order valence-electron chi connectivity index (χ2n) is 4.62. The van der Waals surface area contributed by atoms with Crippen molar-refractivity contribution in [3.63, 3.8) is 0 Å². The minimum absolute atomic E-state index is 0.423. The van der Waals surface area contributed by atoms with Crippen LogP contribution in [0.5, 0.6) is 0 Å². The third-order valence-corrected chi connectivity index (χ3v) is 3.00. The highest BCUT2D eigenvalue weighted by Gasteiger charge is 2.17. The summed E-state index contributed by atoms with van der Waals surface area (Å²) in [6.45, 7) is 2.54. The number of nitrogens with one attached hydrogen (secondary N) is 2. The second kappa shape index (κ2) is 7.52. The van der Waals surface area contributed by atoms with Gasteiger partial charge in [-0.3, -0.25) is 10.1 Å². The van der Waals surface area contributed by atoms with Gasteiger partial charge in [-0.25, -0.2) is 9.59 Å². The summed E-state index contributed by atoms with van der Waals surface area (Å²) < 4.78 is 0. The normalized spacial score (nSPS) is 17.3. The number of aliphatic carboxylic acids is 1. The maximum atomic E-state index is 11.4. The molecule has 0 spiro atoms. The van der Waals surface area contributed by atoms with Crippen LogP contribution in [-0.4, -0.2) is 54.6 Å². The highest BCUT2D eigenvalue weighted by molar-refractivity contribution is 6.02. The average Bonchev–Trinajstić information content (AvgIpc) is 2.36. The molecule has 0 atom stereocenters. The van der Waals surface area contributed by atoms with Crippen LogP contribution in [0.15, 0.2) is 12.2 Å². The van der Waals surface area contributed by atoms with E-state index in [1.807, 2.05) is 5.32 Å². The van der Waals surface area contributed by atoms with Gasteiger partial charge in [-0.1, -0.05) is 0 Å². The number of likely N-dealkylation sites (tertiary alicyclic amines) is 1. The van der Waals surface area contributed by atoms with Crippen molar-refractivity contribution >= 4 is 17.9 Å². The highest BCUT2D eigenvalue weighted by atomic mass is 16.4. The fourth-order valence-corrected chi connectivity index (χ4v) is 1.85. The summed E-state index contributed by atoms with van der Waals surface area (Å²) in [6.07, 6.45) is 3.52. The molecule has 0 aromatic rings. The first-order valence-electron chi connectivity index (χ1n) is 6.15. The van der Waals surface area contributed by atoms with Crippen LogP contribution in [0.1, 0.15) is 12.8 Å². The van der Waals surface area contributed by atoms with E-state index in [0.717, 1.165) is 32.0 Å². The molecule has 3 N–H and O–H groups in total. The van der Waals surface area contributed by atoms with Crippen molar-refractivity contribution in [2.75, 3.05) is 26.7 Å². The van der Waals surface area contributed by atoms with E-state index in [4.69, 9.17) is 5.11 Å². The fourth-order valence-electron chi connectivity index (χ4n) is 1.85. The first kappa shape index (κ1) is 15.2. The molecule has 0 aromatic heterocycles. The Kier molecular flexibility index (Phi) is 6.01. The summed E-state index contributed by atoms with van der Waals surface area (Å²) in [7, 11) is 2.06. The van der Waals surface area contributed by atoms with Gasteiger partial charge in [0.15, 0.2) is 0 Å². The highest BCUT2D eigenvalue weighted by Crippen LogP contribution is 2.14. The SMILES string of the molecule is CN1CCC(CNC(=O)NC(=O)C=CC(=O)O)CC1. The van der Waals surface area contributed by atoms with Gasteiger partial charge in [0.1, 0.15) is 0 Å². The molecule has 0 aliphatic carbocycles. The van der Waals surface area contributed by atoms with Gasteiger partial charge in [0.05, 0.1) is 0 Å². The lowest BCUT2D eigenvalue weighted by Crippen LogP contribution is -2.42. The molecule has 7 nitrogen and oxygen atoms in total. The molecule has 1 heterocycles. The summed E-state index contributed by atoms with van der Waals surface area (Å²) in [4.78, 5) is 34.9.